The second-order valence-electron chi connectivity index (χ2n) is 5.00. The van der Waals surface area contributed by atoms with Crippen LogP contribution in [0.4, 0.5) is 5.69 Å². The predicted octanol–water partition coefficient (Wildman–Crippen LogP) is 2.65. The number of aliphatic imine (C=N–C) groups is 1. The summed E-state index contributed by atoms with van der Waals surface area (Å²) in [6, 6.07) is 4.29. The van der Waals surface area contributed by atoms with Crippen molar-refractivity contribution in [2.75, 3.05) is 13.7 Å². The van der Waals surface area contributed by atoms with Crippen LogP contribution in [0.2, 0.25) is 5.02 Å². The Balaban J connectivity index is 1.82. The van der Waals surface area contributed by atoms with Gasteiger partial charge in [0.1, 0.15) is 0 Å². The summed E-state index contributed by atoms with van der Waals surface area (Å²) in [4.78, 5) is 4.74. The minimum atomic E-state index is 0.311. The first-order valence-corrected chi connectivity index (χ1v) is 6.68. The highest BCUT2D eigenvalue weighted by atomic mass is 35.5. The maximum absolute atomic E-state index is 6.16. The fourth-order valence-corrected chi connectivity index (χ4v) is 2.93. The van der Waals surface area contributed by atoms with E-state index in [0.29, 0.717) is 12.1 Å². The summed E-state index contributed by atoms with van der Waals surface area (Å²) in [7, 11) is 1.77. The monoisotopic (exact) mass is 264 g/mol. The van der Waals surface area contributed by atoms with Crippen LogP contribution in [0.25, 0.3) is 0 Å². The molecule has 1 aromatic carbocycles. The van der Waals surface area contributed by atoms with Crippen molar-refractivity contribution in [1.82, 2.24) is 5.32 Å². The second kappa shape index (κ2) is 4.65. The summed E-state index contributed by atoms with van der Waals surface area (Å²) in [5, 5.41) is 4.31. The molecule has 1 fully saturated rings. The minimum absolute atomic E-state index is 0.311. The molecule has 1 saturated heterocycles. The number of halogens is 1. The van der Waals surface area contributed by atoms with E-state index >= 15 is 0 Å². The molecule has 0 spiro atoms. The van der Waals surface area contributed by atoms with Gasteiger partial charge in [-0.15, -0.1) is 0 Å². The Morgan fingerprint density at radius 1 is 1.44 bits per heavy atom. The highest BCUT2D eigenvalue weighted by Gasteiger charge is 2.30. The predicted molar refractivity (Wildman–Crippen MR) is 74.2 cm³/mol. The summed E-state index contributed by atoms with van der Waals surface area (Å²) in [5.41, 5.74) is 4.74. The fraction of sp³-hybridized carbons (Fsp3) is 0.500. The first-order valence-electron chi connectivity index (χ1n) is 6.30. The fourth-order valence-electron chi connectivity index (χ4n) is 2.75. The van der Waals surface area contributed by atoms with Gasteiger partial charge in [-0.05, 0) is 36.6 Å². The largest absolute Gasteiger partial charge is 0.380 e. The lowest BCUT2D eigenvalue weighted by Gasteiger charge is -2.10. The summed E-state index contributed by atoms with van der Waals surface area (Å²) >= 11 is 6.16. The van der Waals surface area contributed by atoms with Gasteiger partial charge in [-0.25, -0.2) is 0 Å². The molecule has 2 heterocycles. The molecule has 1 aromatic rings. The molecule has 0 aromatic heterocycles. The first-order chi connectivity index (χ1) is 8.69. The molecule has 1 N–H and O–H groups in total. The SMILES string of the molecule is CO[C@@H]1CN[C@H](C2=Nc3ccc(Cl)c(C)c3C2)C1. The number of rotatable bonds is 2. The summed E-state index contributed by atoms with van der Waals surface area (Å²) in [6.07, 6.45) is 2.23. The van der Waals surface area contributed by atoms with Crippen LogP contribution in [0.3, 0.4) is 0 Å². The Hall–Kier alpha value is -0.900. The highest BCUT2D eigenvalue weighted by Crippen LogP contribution is 2.34. The average Bonchev–Trinajstić information content (AvgIpc) is 2.99. The lowest BCUT2D eigenvalue weighted by Crippen LogP contribution is -2.30. The zero-order valence-electron chi connectivity index (χ0n) is 10.7. The van der Waals surface area contributed by atoms with Gasteiger partial charge < -0.3 is 10.1 Å². The van der Waals surface area contributed by atoms with Crippen molar-refractivity contribution in [3.63, 3.8) is 0 Å². The molecule has 0 amide bonds. The van der Waals surface area contributed by atoms with E-state index in [1.807, 2.05) is 12.1 Å². The van der Waals surface area contributed by atoms with E-state index in [1.54, 1.807) is 7.11 Å². The van der Waals surface area contributed by atoms with Gasteiger partial charge in [0, 0.05) is 36.9 Å². The molecular weight excluding hydrogens is 248 g/mol. The lowest BCUT2D eigenvalue weighted by molar-refractivity contribution is 0.118. The molecule has 0 saturated carbocycles. The van der Waals surface area contributed by atoms with E-state index in [4.69, 9.17) is 21.3 Å². The normalized spacial score (nSPS) is 26.3. The molecule has 3 rings (SSSR count). The van der Waals surface area contributed by atoms with Crippen molar-refractivity contribution < 1.29 is 4.74 Å². The molecule has 18 heavy (non-hydrogen) atoms. The van der Waals surface area contributed by atoms with Crippen molar-refractivity contribution in [2.45, 2.75) is 31.9 Å². The number of ether oxygens (including phenoxy) is 1. The van der Waals surface area contributed by atoms with E-state index in [1.165, 1.54) is 11.3 Å². The summed E-state index contributed by atoms with van der Waals surface area (Å²) in [6.45, 7) is 2.98. The molecule has 0 radical (unpaired) electrons. The van der Waals surface area contributed by atoms with Gasteiger partial charge in [-0.3, -0.25) is 4.99 Å². The van der Waals surface area contributed by atoms with Gasteiger partial charge in [0.05, 0.1) is 11.8 Å². The van der Waals surface area contributed by atoms with Gasteiger partial charge in [0.15, 0.2) is 0 Å². The maximum Gasteiger partial charge on any atom is 0.0714 e. The minimum Gasteiger partial charge on any atom is -0.380 e. The van der Waals surface area contributed by atoms with Crippen LogP contribution in [0.1, 0.15) is 17.5 Å². The van der Waals surface area contributed by atoms with Crippen LogP contribution < -0.4 is 5.32 Å². The number of nitrogens with one attached hydrogen (secondary N) is 1. The molecule has 2 aliphatic rings. The Bertz CT molecular complexity index is 513. The van der Waals surface area contributed by atoms with Crippen LogP contribution in [-0.4, -0.2) is 31.5 Å². The van der Waals surface area contributed by atoms with Gasteiger partial charge in [-0.2, -0.15) is 0 Å². The summed E-state index contributed by atoms with van der Waals surface area (Å²) < 4.78 is 5.38. The zero-order chi connectivity index (χ0) is 12.7. The summed E-state index contributed by atoms with van der Waals surface area (Å²) in [5.74, 6) is 0. The number of nitrogens with zero attached hydrogens (tertiary/aromatic N) is 1. The van der Waals surface area contributed by atoms with E-state index in [0.717, 1.165) is 35.7 Å². The zero-order valence-corrected chi connectivity index (χ0v) is 11.4. The van der Waals surface area contributed by atoms with Gasteiger partial charge in [0.2, 0.25) is 0 Å². The molecule has 2 atom stereocenters. The van der Waals surface area contributed by atoms with E-state index in [2.05, 4.69) is 12.2 Å². The third kappa shape index (κ3) is 1.96. The van der Waals surface area contributed by atoms with Crippen molar-refractivity contribution in [3.8, 4) is 0 Å². The molecule has 0 bridgehead atoms. The highest BCUT2D eigenvalue weighted by molar-refractivity contribution is 6.31. The Labute approximate surface area is 112 Å². The second-order valence-corrected chi connectivity index (χ2v) is 5.41. The number of methoxy groups -OCH3 is 1. The third-order valence-corrected chi connectivity index (χ3v) is 4.37. The molecule has 3 nitrogen and oxygen atoms in total. The van der Waals surface area contributed by atoms with E-state index < -0.39 is 0 Å². The molecule has 4 heteroatoms. The number of hydrogen-bond acceptors (Lipinski definition) is 3. The van der Waals surface area contributed by atoms with Gasteiger partial charge >= 0.3 is 0 Å². The Morgan fingerprint density at radius 2 is 2.28 bits per heavy atom. The van der Waals surface area contributed by atoms with E-state index in [9.17, 15) is 0 Å². The lowest BCUT2D eigenvalue weighted by atomic mass is 10.00. The molecular formula is C14H17ClN2O. The van der Waals surface area contributed by atoms with Gasteiger partial charge in [0.25, 0.3) is 0 Å². The number of hydrogen-bond donors (Lipinski definition) is 1. The molecule has 2 aliphatic heterocycles. The van der Waals surface area contributed by atoms with Crippen LogP contribution >= 0.6 is 11.6 Å². The average molecular weight is 265 g/mol. The number of benzene rings is 1. The van der Waals surface area contributed by atoms with E-state index in [-0.39, 0.29) is 0 Å². The van der Waals surface area contributed by atoms with Gasteiger partial charge in [-0.1, -0.05) is 11.6 Å². The molecule has 0 aliphatic carbocycles. The van der Waals surface area contributed by atoms with Crippen LogP contribution in [-0.2, 0) is 11.2 Å². The third-order valence-electron chi connectivity index (χ3n) is 3.96. The van der Waals surface area contributed by atoms with Crippen LogP contribution in [0, 0.1) is 6.92 Å². The number of fused-ring (bicyclic) bond motifs is 1. The van der Waals surface area contributed by atoms with Crippen molar-refractivity contribution in [3.05, 3.63) is 28.3 Å². The standard InChI is InChI=1S/C14H17ClN2O/c1-8-10-6-14(13-5-9(18-2)7-16-13)17-12(10)4-3-11(8)15/h3-4,9,13,16H,5-7H2,1-2H3/t9-,13-/m0/s1. The van der Waals surface area contributed by atoms with Crippen molar-refractivity contribution in [1.29, 1.82) is 0 Å². The molecule has 0 unspecified atom stereocenters. The Morgan fingerprint density at radius 3 is 3.00 bits per heavy atom. The van der Waals surface area contributed by atoms with Crippen molar-refractivity contribution >= 4 is 23.0 Å². The van der Waals surface area contributed by atoms with Crippen molar-refractivity contribution in [2.24, 2.45) is 4.99 Å². The quantitative estimate of drug-likeness (QED) is 0.891. The van der Waals surface area contributed by atoms with Crippen LogP contribution in [0.5, 0.6) is 0 Å². The Kier molecular flexibility index (Phi) is 3.14. The first kappa shape index (κ1) is 12.2. The topological polar surface area (TPSA) is 33.6 Å². The van der Waals surface area contributed by atoms with Crippen LogP contribution in [0.15, 0.2) is 17.1 Å². The molecule has 96 valence electrons. The smallest absolute Gasteiger partial charge is 0.0714 e. The maximum atomic E-state index is 6.16.